The standard InChI is InChI=1S/C27H30Cl2N4O4/c28-20-13-19(14-21(29)15-20)25(35)31-10-8-27(9-11-31)26(36)32(18-33(27)22-5-2-1-3-6-22)17-24(34)30-16-23-7-4-12-37-23/h1-3,5-6,13-15,23H,4,7-12,16-18H2,(H,30,34). The number of ether oxygens (including phenoxy) is 1. The van der Waals surface area contributed by atoms with Gasteiger partial charge in [-0.05, 0) is 56.0 Å². The molecule has 0 radical (unpaired) electrons. The Labute approximate surface area is 226 Å². The molecule has 37 heavy (non-hydrogen) atoms. The number of piperidine rings is 1. The Morgan fingerprint density at radius 1 is 1.05 bits per heavy atom. The highest BCUT2D eigenvalue weighted by atomic mass is 35.5. The largest absolute Gasteiger partial charge is 0.376 e. The van der Waals surface area contributed by atoms with Crippen molar-refractivity contribution in [3.8, 4) is 0 Å². The van der Waals surface area contributed by atoms with Gasteiger partial charge in [0.25, 0.3) is 11.8 Å². The fraction of sp³-hybridized carbons (Fsp3) is 0.444. The molecule has 3 amide bonds. The van der Waals surface area contributed by atoms with Crippen LogP contribution in [0.5, 0.6) is 0 Å². The number of amides is 3. The number of nitrogens with one attached hydrogen (secondary N) is 1. The third kappa shape index (κ3) is 5.42. The maximum absolute atomic E-state index is 13.8. The molecule has 3 aliphatic rings. The Hall–Kier alpha value is -2.81. The molecular weight excluding hydrogens is 515 g/mol. The molecule has 0 aliphatic carbocycles. The van der Waals surface area contributed by atoms with E-state index in [1.165, 1.54) is 0 Å². The Balaban J connectivity index is 1.30. The first-order chi connectivity index (χ1) is 17.9. The highest BCUT2D eigenvalue weighted by molar-refractivity contribution is 6.35. The third-order valence-corrected chi connectivity index (χ3v) is 7.89. The van der Waals surface area contributed by atoms with Gasteiger partial charge < -0.3 is 24.8 Å². The van der Waals surface area contributed by atoms with Gasteiger partial charge in [0.05, 0.1) is 12.8 Å². The summed E-state index contributed by atoms with van der Waals surface area (Å²) in [5, 5.41) is 3.72. The summed E-state index contributed by atoms with van der Waals surface area (Å²) in [7, 11) is 0. The normalized spacial score (nSPS) is 21.1. The van der Waals surface area contributed by atoms with Gasteiger partial charge in [-0.1, -0.05) is 41.4 Å². The van der Waals surface area contributed by atoms with Crippen LogP contribution < -0.4 is 10.2 Å². The van der Waals surface area contributed by atoms with Crippen LogP contribution in [0.25, 0.3) is 0 Å². The van der Waals surface area contributed by atoms with Gasteiger partial charge in [-0.25, -0.2) is 0 Å². The molecule has 3 saturated heterocycles. The zero-order chi connectivity index (χ0) is 26.0. The van der Waals surface area contributed by atoms with Crippen LogP contribution in [0, 0.1) is 0 Å². The first-order valence-electron chi connectivity index (χ1n) is 12.6. The monoisotopic (exact) mass is 544 g/mol. The SMILES string of the molecule is O=C(CN1CN(c2ccccc2)C2(CCN(C(=O)c3cc(Cl)cc(Cl)c3)CC2)C1=O)NCC1CCCO1. The molecule has 2 aromatic carbocycles. The first-order valence-corrected chi connectivity index (χ1v) is 13.4. The molecule has 3 fully saturated rings. The van der Waals surface area contributed by atoms with Gasteiger partial charge >= 0.3 is 0 Å². The smallest absolute Gasteiger partial charge is 0.253 e. The van der Waals surface area contributed by atoms with Crippen molar-refractivity contribution in [2.45, 2.75) is 37.3 Å². The number of hydrogen-bond donors (Lipinski definition) is 1. The number of para-hydroxylation sites is 1. The maximum atomic E-state index is 13.8. The number of carbonyl (C=O) groups excluding carboxylic acids is 3. The van der Waals surface area contributed by atoms with Crippen LogP contribution in [0.15, 0.2) is 48.5 Å². The van der Waals surface area contributed by atoms with E-state index in [0.29, 0.717) is 54.8 Å². The van der Waals surface area contributed by atoms with Crippen LogP contribution in [0.3, 0.4) is 0 Å². The second kappa shape index (κ2) is 10.9. The van der Waals surface area contributed by atoms with Crippen molar-refractivity contribution >= 4 is 46.6 Å². The zero-order valence-corrected chi connectivity index (χ0v) is 22.0. The van der Waals surface area contributed by atoms with E-state index in [0.717, 1.165) is 25.1 Å². The number of carbonyl (C=O) groups is 3. The molecule has 3 heterocycles. The molecular formula is C27H30Cl2N4O4. The summed E-state index contributed by atoms with van der Waals surface area (Å²) in [6.45, 7) is 2.28. The average molecular weight is 545 g/mol. The van der Waals surface area contributed by atoms with Gasteiger partial charge in [-0.15, -0.1) is 0 Å². The molecule has 10 heteroatoms. The van der Waals surface area contributed by atoms with Crippen LogP contribution in [0.1, 0.15) is 36.0 Å². The lowest BCUT2D eigenvalue weighted by atomic mass is 9.85. The van der Waals surface area contributed by atoms with Crippen LogP contribution in [0.2, 0.25) is 10.0 Å². The van der Waals surface area contributed by atoms with Gasteiger partial charge in [0, 0.05) is 47.5 Å². The summed E-state index contributed by atoms with van der Waals surface area (Å²) >= 11 is 12.2. The molecule has 5 rings (SSSR count). The van der Waals surface area contributed by atoms with Crippen molar-refractivity contribution in [1.82, 2.24) is 15.1 Å². The summed E-state index contributed by atoms with van der Waals surface area (Å²) < 4.78 is 5.58. The van der Waals surface area contributed by atoms with Crippen molar-refractivity contribution in [2.75, 3.05) is 44.4 Å². The topological polar surface area (TPSA) is 82.2 Å². The van der Waals surface area contributed by atoms with E-state index in [2.05, 4.69) is 10.2 Å². The Bertz CT molecular complexity index is 1140. The van der Waals surface area contributed by atoms with Gasteiger partial charge in [-0.3, -0.25) is 14.4 Å². The van der Waals surface area contributed by atoms with Gasteiger partial charge in [-0.2, -0.15) is 0 Å². The lowest BCUT2D eigenvalue weighted by molar-refractivity contribution is -0.137. The van der Waals surface area contributed by atoms with E-state index in [1.807, 2.05) is 30.3 Å². The van der Waals surface area contributed by atoms with Crippen molar-refractivity contribution in [2.24, 2.45) is 0 Å². The second-order valence-electron chi connectivity index (χ2n) is 9.83. The lowest BCUT2D eigenvalue weighted by Crippen LogP contribution is -2.57. The minimum Gasteiger partial charge on any atom is -0.376 e. The number of rotatable bonds is 6. The van der Waals surface area contributed by atoms with Gasteiger partial charge in [0.1, 0.15) is 12.1 Å². The molecule has 8 nitrogen and oxygen atoms in total. The first kappa shape index (κ1) is 25.8. The predicted octanol–water partition coefficient (Wildman–Crippen LogP) is 3.57. The molecule has 196 valence electrons. The molecule has 0 saturated carbocycles. The van der Waals surface area contributed by atoms with E-state index in [4.69, 9.17) is 27.9 Å². The second-order valence-corrected chi connectivity index (χ2v) is 10.7. The summed E-state index contributed by atoms with van der Waals surface area (Å²) in [5.74, 6) is -0.442. The molecule has 0 bridgehead atoms. The zero-order valence-electron chi connectivity index (χ0n) is 20.5. The van der Waals surface area contributed by atoms with Crippen molar-refractivity contribution in [1.29, 1.82) is 0 Å². The summed E-state index contributed by atoms with van der Waals surface area (Å²) in [6.07, 6.45) is 2.89. The Morgan fingerprint density at radius 3 is 2.41 bits per heavy atom. The van der Waals surface area contributed by atoms with E-state index in [-0.39, 0.29) is 30.4 Å². The highest BCUT2D eigenvalue weighted by Crippen LogP contribution is 2.39. The van der Waals surface area contributed by atoms with E-state index in [9.17, 15) is 14.4 Å². The van der Waals surface area contributed by atoms with Crippen LogP contribution >= 0.6 is 23.2 Å². The molecule has 3 aliphatic heterocycles. The molecule has 1 unspecified atom stereocenters. The molecule has 1 N–H and O–H groups in total. The number of anilines is 1. The van der Waals surface area contributed by atoms with Crippen molar-refractivity contribution < 1.29 is 19.1 Å². The molecule has 2 aromatic rings. The maximum Gasteiger partial charge on any atom is 0.253 e. The summed E-state index contributed by atoms with van der Waals surface area (Å²) in [4.78, 5) is 45.2. The molecule has 1 atom stereocenters. The minimum absolute atomic E-state index is 0.0136. The minimum atomic E-state index is -0.820. The number of benzene rings is 2. The van der Waals surface area contributed by atoms with Crippen LogP contribution in [0.4, 0.5) is 5.69 Å². The quantitative estimate of drug-likeness (QED) is 0.601. The average Bonchev–Trinajstić information content (AvgIpc) is 3.51. The van der Waals surface area contributed by atoms with E-state index >= 15 is 0 Å². The van der Waals surface area contributed by atoms with E-state index < -0.39 is 5.54 Å². The molecule has 0 aromatic heterocycles. The van der Waals surface area contributed by atoms with Gasteiger partial charge in [0.2, 0.25) is 5.91 Å². The Kier molecular flexibility index (Phi) is 7.60. The lowest BCUT2D eigenvalue weighted by Gasteiger charge is -2.43. The fourth-order valence-electron chi connectivity index (χ4n) is 5.52. The van der Waals surface area contributed by atoms with Crippen LogP contribution in [-0.2, 0) is 14.3 Å². The van der Waals surface area contributed by atoms with Crippen LogP contribution in [-0.4, -0.2) is 78.6 Å². The number of nitrogens with zero attached hydrogens (tertiary/aromatic N) is 3. The van der Waals surface area contributed by atoms with E-state index in [1.54, 1.807) is 28.0 Å². The highest BCUT2D eigenvalue weighted by Gasteiger charge is 2.54. The fourth-order valence-corrected chi connectivity index (χ4v) is 6.05. The number of hydrogen-bond acceptors (Lipinski definition) is 5. The number of halogens is 2. The summed E-state index contributed by atoms with van der Waals surface area (Å²) in [5.41, 5.74) is 0.522. The Morgan fingerprint density at radius 2 is 1.76 bits per heavy atom. The number of likely N-dealkylation sites (tertiary alicyclic amines) is 1. The van der Waals surface area contributed by atoms with Crippen molar-refractivity contribution in [3.05, 3.63) is 64.1 Å². The van der Waals surface area contributed by atoms with Gasteiger partial charge in [0.15, 0.2) is 0 Å². The molecule has 1 spiro atoms. The predicted molar refractivity (Wildman–Crippen MR) is 142 cm³/mol. The third-order valence-electron chi connectivity index (χ3n) is 7.45. The van der Waals surface area contributed by atoms with Crippen molar-refractivity contribution in [3.63, 3.8) is 0 Å². The summed E-state index contributed by atoms with van der Waals surface area (Å²) in [6, 6.07) is 14.6.